The lowest BCUT2D eigenvalue weighted by Crippen LogP contribution is -2.04. The van der Waals surface area contributed by atoms with E-state index in [4.69, 9.17) is 5.26 Å². The standard InChI is InChI=1S/C7H7N3O2/c1-12-7(11)6-2-4-10(9-6)5-3-8/h2,4H,5H2,1H3. The van der Waals surface area contributed by atoms with E-state index in [1.54, 1.807) is 6.20 Å². The van der Waals surface area contributed by atoms with Crippen LogP contribution in [-0.2, 0) is 11.3 Å². The van der Waals surface area contributed by atoms with Crippen LogP contribution in [0.2, 0.25) is 0 Å². The van der Waals surface area contributed by atoms with E-state index in [9.17, 15) is 4.79 Å². The maximum atomic E-state index is 10.9. The number of esters is 1. The number of ether oxygens (including phenoxy) is 1. The number of methoxy groups -OCH3 is 1. The molecular formula is C7H7N3O2. The molecule has 5 heteroatoms. The van der Waals surface area contributed by atoms with Gasteiger partial charge < -0.3 is 4.74 Å². The van der Waals surface area contributed by atoms with Gasteiger partial charge in [-0.1, -0.05) is 0 Å². The van der Waals surface area contributed by atoms with Crippen molar-refractivity contribution in [2.45, 2.75) is 6.54 Å². The van der Waals surface area contributed by atoms with Gasteiger partial charge in [-0.15, -0.1) is 0 Å². The summed E-state index contributed by atoms with van der Waals surface area (Å²) in [5.74, 6) is -0.494. The highest BCUT2D eigenvalue weighted by atomic mass is 16.5. The second kappa shape index (κ2) is 3.53. The molecule has 0 spiro atoms. The van der Waals surface area contributed by atoms with Crippen molar-refractivity contribution in [1.29, 1.82) is 5.26 Å². The number of hydrogen-bond acceptors (Lipinski definition) is 4. The molecule has 0 saturated heterocycles. The molecule has 0 unspecified atom stereocenters. The van der Waals surface area contributed by atoms with Crippen molar-refractivity contribution < 1.29 is 9.53 Å². The van der Waals surface area contributed by atoms with Gasteiger partial charge in [0.25, 0.3) is 0 Å². The zero-order chi connectivity index (χ0) is 8.97. The largest absolute Gasteiger partial charge is 0.464 e. The molecule has 1 rings (SSSR count). The monoisotopic (exact) mass is 165 g/mol. The second-order valence-corrected chi connectivity index (χ2v) is 2.05. The van der Waals surface area contributed by atoms with Crippen LogP contribution in [0.25, 0.3) is 0 Å². The molecule has 0 aliphatic heterocycles. The molecule has 1 heterocycles. The van der Waals surface area contributed by atoms with Crippen molar-refractivity contribution in [3.05, 3.63) is 18.0 Å². The van der Waals surface area contributed by atoms with E-state index in [1.807, 2.05) is 6.07 Å². The van der Waals surface area contributed by atoms with Gasteiger partial charge in [0.05, 0.1) is 13.2 Å². The van der Waals surface area contributed by atoms with Gasteiger partial charge in [0.2, 0.25) is 0 Å². The van der Waals surface area contributed by atoms with Gasteiger partial charge in [0, 0.05) is 6.20 Å². The quantitative estimate of drug-likeness (QED) is 0.587. The fourth-order valence-electron chi connectivity index (χ4n) is 0.736. The third-order valence-electron chi connectivity index (χ3n) is 1.27. The molecule has 5 nitrogen and oxygen atoms in total. The predicted molar refractivity (Wildman–Crippen MR) is 39.2 cm³/mol. The van der Waals surface area contributed by atoms with Crippen LogP contribution in [0.15, 0.2) is 12.3 Å². The number of carbonyl (C=O) groups excluding carboxylic acids is 1. The Balaban J connectivity index is 2.78. The van der Waals surface area contributed by atoms with Crippen LogP contribution in [-0.4, -0.2) is 22.9 Å². The van der Waals surface area contributed by atoms with Gasteiger partial charge in [-0.2, -0.15) is 10.4 Å². The summed E-state index contributed by atoms with van der Waals surface area (Å²) >= 11 is 0. The van der Waals surface area contributed by atoms with E-state index in [1.165, 1.54) is 17.9 Å². The minimum Gasteiger partial charge on any atom is -0.464 e. The molecule has 0 atom stereocenters. The van der Waals surface area contributed by atoms with Gasteiger partial charge in [-0.05, 0) is 6.07 Å². The van der Waals surface area contributed by atoms with Gasteiger partial charge in [0.15, 0.2) is 5.69 Å². The zero-order valence-corrected chi connectivity index (χ0v) is 6.52. The highest BCUT2D eigenvalue weighted by molar-refractivity contribution is 5.86. The van der Waals surface area contributed by atoms with Crippen LogP contribution in [0.1, 0.15) is 10.5 Å². The van der Waals surface area contributed by atoms with E-state index in [-0.39, 0.29) is 12.2 Å². The normalized spacial score (nSPS) is 9.00. The first-order valence-corrected chi connectivity index (χ1v) is 3.26. The first kappa shape index (κ1) is 8.27. The minimum atomic E-state index is -0.494. The summed E-state index contributed by atoms with van der Waals surface area (Å²) in [4.78, 5) is 10.9. The van der Waals surface area contributed by atoms with Crippen molar-refractivity contribution in [2.24, 2.45) is 0 Å². The fourth-order valence-corrected chi connectivity index (χ4v) is 0.736. The van der Waals surface area contributed by atoms with E-state index >= 15 is 0 Å². The maximum Gasteiger partial charge on any atom is 0.358 e. The Hall–Kier alpha value is -1.83. The summed E-state index contributed by atoms with van der Waals surface area (Å²) in [6.45, 7) is 0.136. The Bertz CT molecular complexity index is 324. The molecule has 0 saturated carbocycles. The van der Waals surface area contributed by atoms with E-state index in [0.717, 1.165) is 0 Å². The number of hydrogen-bond donors (Lipinski definition) is 0. The second-order valence-electron chi connectivity index (χ2n) is 2.05. The van der Waals surface area contributed by atoms with Crippen LogP contribution in [0.4, 0.5) is 0 Å². The predicted octanol–water partition coefficient (Wildman–Crippen LogP) is 0.193. The average molecular weight is 165 g/mol. The van der Waals surface area contributed by atoms with Gasteiger partial charge in [0.1, 0.15) is 6.54 Å². The number of aromatic nitrogens is 2. The number of nitriles is 1. The Morgan fingerprint density at radius 2 is 2.67 bits per heavy atom. The Kier molecular flexibility index (Phi) is 2.43. The van der Waals surface area contributed by atoms with Crippen LogP contribution in [0.3, 0.4) is 0 Å². The molecule has 0 bridgehead atoms. The maximum absolute atomic E-state index is 10.9. The molecule has 0 N–H and O–H groups in total. The van der Waals surface area contributed by atoms with Crippen LogP contribution in [0.5, 0.6) is 0 Å². The van der Waals surface area contributed by atoms with Gasteiger partial charge in [-0.25, -0.2) is 4.79 Å². The van der Waals surface area contributed by atoms with Crippen LogP contribution in [0, 0.1) is 11.3 Å². The summed E-state index contributed by atoms with van der Waals surface area (Å²) in [6.07, 6.45) is 1.55. The summed E-state index contributed by atoms with van der Waals surface area (Å²) in [6, 6.07) is 3.41. The molecule has 0 aliphatic rings. The third-order valence-corrected chi connectivity index (χ3v) is 1.27. The molecule has 0 aliphatic carbocycles. The van der Waals surface area contributed by atoms with Crippen molar-refractivity contribution in [2.75, 3.05) is 7.11 Å². The molecule has 0 fully saturated rings. The summed E-state index contributed by atoms with van der Waals surface area (Å²) in [5.41, 5.74) is 0.216. The molecule has 0 radical (unpaired) electrons. The lowest BCUT2D eigenvalue weighted by molar-refractivity contribution is 0.0593. The molecule has 0 amide bonds. The topological polar surface area (TPSA) is 67.9 Å². The summed E-state index contributed by atoms with van der Waals surface area (Å²) in [5, 5.41) is 12.1. The van der Waals surface area contributed by atoms with Crippen molar-refractivity contribution in [3.63, 3.8) is 0 Å². The minimum absolute atomic E-state index is 0.136. The van der Waals surface area contributed by atoms with Gasteiger partial charge in [-0.3, -0.25) is 4.68 Å². The first-order valence-electron chi connectivity index (χ1n) is 3.26. The van der Waals surface area contributed by atoms with Crippen LogP contribution >= 0.6 is 0 Å². The number of carbonyl (C=O) groups is 1. The molecule has 1 aromatic rings. The van der Waals surface area contributed by atoms with E-state index in [2.05, 4.69) is 9.84 Å². The third kappa shape index (κ3) is 1.61. The van der Waals surface area contributed by atoms with Crippen LogP contribution < -0.4 is 0 Å². The SMILES string of the molecule is COC(=O)c1ccn(CC#N)n1. The highest BCUT2D eigenvalue weighted by Crippen LogP contribution is 1.96. The molecule has 62 valence electrons. The molecule has 1 aromatic heterocycles. The molecular weight excluding hydrogens is 158 g/mol. The lowest BCUT2D eigenvalue weighted by Gasteiger charge is -1.92. The van der Waals surface area contributed by atoms with Crippen molar-refractivity contribution in [1.82, 2.24) is 9.78 Å². The Labute approximate surface area is 69.2 Å². The van der Waals surface area contributed by atoms with E-state index in [0.29, 0.717) is 0 Å². The molecule has 0 aromatic carbocycles. The van der Waals surface area contributed by atoms with Gasteiger partial charge >= 0.3 is 5.97 Å². The number of nitrogens with zero attached hydrogens (tertiary/aromatic N) is 3. The average Bonchev–Trinajstić information content (AvgIpc) is 2.52. The summed E-state index contributed by atoms with van der Waals surface area (Å²) in [7, 11) is 1.28. The smallest absolute Gasteiger partial charge is 0.358 e. The fraction of sp³-hybridized carbons (Fsp3) is 0.286. The Morgan fingerprint density at radius 3 is 3.25 bits per heavy atom. The summed E-state index contributed by atoms with van der Waals surface area (Å²) < 4.78 is 5.80. The number of rotatable bonds is 2. The zero-order valence-electron chi connectivity index (χ0n) is 6.52. The molecule has 12 heavy (non-hydrogen) atoms. The highest BCUT2D eigenvalue weighted by Gasteiger charge is 2.07. The first-order chi connectivity index (χ1) is 5.77. The van der Waals surface area contributed by atoms with E-state index < -0.39 is 5.97 Å². The lowest BCUT2D eigenvalue weighted by atomic mass is 10.4. The van der Waals surface area contributed by atoms with Crippen molar-refractivity contribution >= 4 is 5.97 Å². The Morgan fingerprint density at radius 1 is 1.92 bits per heavy atom. The van der Waals surface area contributed by atoms with Crippen molar-refractivity contribution in [3.8, 4) is 6.07 Å².